The third kappa shape index (κ3) is 3.67. The summed E-state index contributed by atoms with van der Waals surface area (Å²) in [6.07, 6.45) is 2.01. The van der Waals surface area contributed by atoms with Crippen molar-refractivity contribution in [1.82, 2.24) is 0 Å². The Hall–Kier alpha value is -2.16. The van der Waals surface area contributed by atoms with Gasteiger partial charge in [0.25, 0.3) is 0 Å². The van der Waals surface area contributed by atoms with E-state index in [1.54, 1.807) is 25.1 Å². The van der Waals surface area contributed by atoms with Crippen molar-refractivity contribution in [3.63, 3.8) is 0 Å². The number of carbonyl (C=O) groups is 1. The Balaban J connectivity index is 2.30. The van der Waals surface area contributed by atoms with Gasteiger partial charge in [-0.25, -0.2) is 4.39 Å². The second-order valence-electron chi connectivity index (χ2n) is 4.91. The minimum atomic E-state index is -0.305. The molecule has 0 aliphatic rings. The highest BCUT2D eigenvalue weighted by Crippen LogP contribution is 2.29. The summed E-state index contributed by atoms with van der Waals surface area (Å²) >= 11 is 0. The fourth-order valence-corrected chi connectivity index (χ4v) is 2.23. The van der Waals surface area contributed by atoms with Gasteiger partial charge >= 0.3 is 0 Å². The molecular weight excluding hydrogens is 255 g/mol. The third-order valence-electron chi connectivity index (χ3n) is 3.20. The summed E-state index contributed by atoms with van der Waals surface area (Å²) in [5, 5.41) is 9.63. The highest BCUT2D eigenvalue weighted by Gasteiger charge is 2.08. The molecule has 0 amide bonds. The number of aryl methyl sites for hydroxylation is 1. The van der Waals surface area contributed by atoms with Gasteiger partial charge in [-0.3, -0.25) is 0 Å². The Morgan fingerprint density at radius 3 is 2.70 bits per heavy atom. The molecule has 0 aliphatic heterocycles. The summed E-state index contributed by atoms with van der Waals surface area (Å²) in [7, 11) is 0. The van der Waals surface area contributed by atoms with Crippen molar-refractivity contribution in [3.05, 3.63) is 53.8 Å². The number of Topliss-reactive ketones (excluding diaryl/α,β-unsaturated/α-hetero) is 1. The van der Waals surface area contributed by atoms with Crippen LogP contribution < -0.4 is 0 Å². The zero-order valence-electron chi connectivity index (χ0n) is 11.4. The molecular formula is C17H17FO2. The summed E-state index contributed by atoms with van der Waals surface area (Å²) in [4.78, 5) is 11.0. The van der Waals surface area contributed by atoms with Crippen molar-refractivity contribution in [2.75, 3.05) is 0 Å². The van der Waals surface area contributed by atoms with Crippen LogP contribution in [0.4, 0.5) is 4.39 Å². The lowest BCUT2D eigenvalue weighted by Gasteiger charge is -2.10. The lowest BCUT2D eigenvalue weighted by molar-refractivity contribution is -0.117. The number of carbonyl (C=O) groups excluding carboxylic acids is 1. The van der Waals surface area contributed by atoms with E-state index in [0.717, 1.165) is 29.5 Å². The number of ketones is 1. The zero-order chi connectivity index (χ0) is 14.5. The highest BCUT2D eigenvalue weighted by molar-refractivity contribution is 5.75. The number of aromatic hydroxyl groups is 1. The van der Waals surface area contributed by atoms with Crippen molar-refractivity contribution in [1.29, 1.82) is 0 Å². The van der Waals surface area contributed by atoms with E-state index in [9.17, 15) is 14.3 Å². The number of hydrogen-bond donors (Lipinski definition) is 1. The minimum absolute atomic E-state index is 0.152. The van der Waals surface area contributed by atoms with E-state index in [-0.39, 0.29) is 17.3 Å². The average Bonchev–Trinajstić information content (AvgIpc) is 2.40. The maximum Gasteiger partial charge on any atom is 0.129 e. The van der Waals surface area contributed by atoms with E-state index >= 15 is 0 Å². The van der Waals surface area contributed by atoms with E-state index in [4.69, 9.17) is 0 Å². The number of rotatable bonds is 5. The average molecular weight is 272 g/mol. The van der Waals surface area contributed by atoms with Gasteiger partial charge < -0.3 is 9.90 Å². The first-order chi connectivity index (χ1) is 9.56. The molecule has 0 aliphatic carbocycles. The minimum Gasteiger partial charge on any atom is -0.508 e. The second kappa shape index (κ2) is 6.33. The van der Waals surface area contributed by atoms with Gasteiger partial charge in [-0.15, -0.1) is 0 Å². The monoisotopic (exact) mass is 272 g/mol. The molecule has 1 N–H and O–H groups in total. The standard InChI is InChI=1S/C17H17FO2/c1-12(19)4-2-5-13-8-9-16(20)11-17(13)14-6-3-7-15(18)10-14/h3,6-11,20H,2,4-5H2,1H3. The molecule has 0 saturated heterocycles. The van der Waals surface area contributed by atoms with Crippen LogP contribution in [0, 0.1) is 5.82 Å². The first-order valence-corrected chi connectivity index (χ1v) is 6.63. The molecule has 0 spiro atoms. The van der Waals surface area contributed by atoms with Gasteiger partial charge in [0.2, 0.25) is 0 Å². The summed E-state index contributed by atoms with van der Waals surface area (Å²) in [5.41, 5.74) is 2.56. The van der Waals surface area contributed by atoms with Gasteiger partial charge in [0, 0.05) is 6.42 Å². The van der Waals surface area contributed by atoms with Crippen LogP contribution in [0.5, 0.6) is 5.75 Å². The number of phenols is 1. The summed E-state index contributed by atoms with van der Waals surface area (Å²) < 4.78 is 13.3. The van der Waals surface area contributed by atoms with Crippen LogP contribution in [0.3, 0.4) is 0 Å². The molecule has 0 bridgehead atoms. The van der Waals surface area contributed by atoms with Crippen molar-refractivity contribution in [2.24, 2.45) is 0 Å². The number of halogens is 1. The Bertz CT molecular complexity index is 620. The Morgan fingerprint density at radius 2 is 2.00 bits per heavy atom. The Labute approximate surface area is 117 Å². The van der Waals surface area contributed by atoms with Gasteiger partial charge in [0.15, 0.2) is 0 Å². The lowest BCUT2D eigenvalue weighted by Crippen LogP contribution is -1.95. The summed E-state index contributed by atoms with van der Waals surface area (Å²) in [5.74, 6) is 0.0104. The smallest absolute Gasteiger partial charge is 0.129 e. The Morgan fingerprint density at radius 1 is 1.20 bits per heavy atom. The molecule has 104 valence electrons. The van der Waals surface area contributed by atoms with Gasteiger partial charge in [-0.05, 0) is 60.7 Å². The molecule has 0 aromatic heterocycles. The molecule has 2 aromatic rings. The molecule has 3 heteroatoms. The second-order valence-corrected chi connectivity index (χ2v) is 4.91. The predicted molar refractivity (Wildman–Crippen MR) is 77.1 cm³/mol. The number of phenolic OH excluding ortho intramolecular Hbond substituents is 1. The van der Waals surface area contributed by atoms with Crippen LogP contribution in [-0.2, 0) is 11.2 Å². The fraction of sp³-hybridized carbons (Fsp3) is 0.235. The molecule has 2 rings (SSSR count). The molecule has 0 saturated carbocycles. The molecule has 20 heavy (non-hydrogen) atoms. The van der Waals surface area contributed by atoms with E-state index in [1.807, 2.05) is 12.1 Å². The third-order valence-corrected chi connectivity index (χ3v) is 3.20. The van der Waals surface area contributed by atoms with Gasteiger partial charge in [0.1, 0.15) is 17.3 Å². The number of benzene rings is 2. The van der Waals surface area contributed by atoms with Crippen molar-refractivity contribution in [2.45, 2.75) is 26.2 Å². The van der Waals surface area contributed by atoms with Gasteiger partial charge in [0.05, 0.1) is 0 Å². The van der Waals surface area contributed by atoms with Crippen LogP contribution in [0.15, 0.2) is 42.5 Å². The van der Waals surface area contributed by atoms with E-state index < -0.39 is 0 Å². The van der Waals surface area contributed by atoms with E-state index in [2.05, 4.69) is 0 Å². The van der Waals surface area contributed by atoms with Gasteiger partial charge in [-0.1, -0.05) is 18.2 Å². The maximum atomic E-state index is 13.3. The van der Waals surface area contributed by atoms with Crippen LogP contribution in [0.25, 0.3) is 11.1 Å². The van der Waals surface area contributed by atoms with Crippen molar-refractivity contribution >= 4 is 5.78 Å². The first-order valence-electron chi connectivity index (χ1n) is 6.63. The first kappa shape index (κ1) is 14.3. The molecule has 0 radical (unpaired) electrons. The molecule has 2 aromatic carbocycles. The summed E-state index contributed by atoms with van der Waals surface area (Å²) in [6, 6.07) is 11.4. The largest absolute Gasteiger partial charge is 0.508 e. The SMILES string of the molecule is CC(=O)CCCc1ccc(O)cc1-c1cccc(F)c1. The lowest BCUT2D eigenvalue weighted by atomic mass is 9.95. The topological polar surface area (TPSA) is 37.3 Å². The quantitative estimate of drug-likeness (QED) is 0.889. The van der Waals surface area contributed by atoms with Crippen LogP contribution in [-0.4, -0.2) is 10.9 Å². The van der Waals surface area contributed by atoms with Crippen LogP contribution in [0.2, 0.25) is 0 Å². The zero-order valence-corrected chi connectivity index (χ0v) is 11.4. The molecule has 0 fully saturated rings. The number of hydrogen-bond acceptors (Lipinski definition) is 2. The fourth-order valence-electron chi connectivity index (χ4n) is 2.23. The molecule has 0 unspecified atom stereocenters. The summed E-state index contributed by atoms with van der Waals surface area (Å²) in [6.45, 7) is 1.57. The van der Waals surface area contributed by atoms with Gasteiger partial charge in [-0.2, -0.15) is 0 Å². The van der Waals surface area contributed by atoms with Crippen molar-refractivity contribution < 1.29 is 14.3 Å². The highest BCUT2D eigenvalue weighted by atomic mass is 19.1. The molecule has 2 nitrogen and oxygen atoms in total. The van der Waals surface area contributed by atoms with E-state index in [1.165, 1.54) is 12.1 Å². The normalized spacial score (nSPS) is 10.5. The van der Waals surface area contributed by atoms with Crippen molar-refractivity contribution in [3.8, 4) is 16.9 Å². The predicted octanol–water partition coefficient (Wildman–Crippen LogP) is 4.11. The maximum absolute atomic E-state index is 13.3. The van der Waals surface area contributed by atoms with Crippen LogP contribution in [0.1, 0.15) is 25.3 Å². The van der Waals surface area contributed by atoms with Crippen LogP contribution >= 0.6 is 0 Å². The molecule has 0 atom stereocenters. The van der Waals surface area contributed by atoms with E-state index in [0.29, 0.717) is 6.42 Å². The molecule has 0 heterocycles. The Kier molecular flexibility index (Phi) is 4.51.